The first-order chi connectivity index (χ1) is 5.62. The van der Waals surface area contributed by atoms with Crippen molar-refractivity contribution in [3.63, 3.8) is 0 Å². The Morgan fingerprint density at radius 1 is 1.58 bits per heavy atom. The van der Waals surface area contributed by atoms with Crippen molar-refractivity contribution in [3.05, 3.63) is 11.6 Å². The summed E-state index contributed by atoms with van der Waals surface area (Å²) in [5, 5.41) is 0.841. The Balaban J connectivity index is 2.18. The van der Waals surface area contributed by atoms with Gasteiger partial charge in [-0.15, -0.1) is 11.8 Å². The third kappa shape index (κ3) is 1.32. The fraction of sp³-hybridized carbons (Fsp3) is 0.818. The number of hydrogen-bond donors (Lipinski definition) is 0. The van der Waals surface area contributed by atoms with E-state index in [-0.39, 0.29) is 0 Å². The maximum atomic E-state index is 2.52. The van der Waals surface area contributed by atoms with Crippen molar-refractivity contribution in [1.29, 1.82) is 0 Å². The van der Waals surface area contributed by atoms with Gasteiger partial charge < -0.3 is 0 Å². The van der Waals surface area contributed by atoms with Crippen LogP contribution in [0.25, 0.3) is 0 Å². The average Bonchev–Trinajstić information content (AvgIpc) is 2.21. The Labute approximate surface area is 79.8 Å². The van der Waals surface area contributed by atoms with Crippen molar-refractivity contribution >= 4 is 11.8 Å². The molecule has 0 saturated carbocycles. The lowest BCUT2D eigenvalue weighted by atomic mass is 9.81. The van der Waals surface area contributed by atoms with Gasteiger partial charge in [0.2, 0.25) is 0 Å². The van der Waals surface area contributed by atoms with Gasteiger partial charge in [-0.25, -0.2) is 0 Å². The van der Waals surface area contributed by atoms with E-state index in [0.717, 1.165) is 11.2 Å². The molecule has 0 nitrogen and oxygen atoms in total. The van der Waals surface area contributed by atoms with Gasteiger partial charge in [0.15, 0.2) is 0 Å². The maximum Gasteiger partial charge on any atom is 0.0238 e. The zero-order valence-corrected chi connectivity index (χ0v) is 9.08. The van der Waals surface area contributed by atoms with Gasteiger partial charge in [0.25, 0.3) is 0 Å². The Bertz CT molecular complexity index is 215. The standard InChI is InChI=1S/C11H18S/c1-4-8-5-9-7-10(6-8)12-11(9,2)3/h6,9-10H,4-5,7H2,1-3H3. The van der Waals surface area contributed by atoms with Crippen molar-refractivity contribution in [2.45, 2.75) is 50.0 Å². The molecule has 1 aliphatic heterocycles. The largest absolute Gasteiger partial charge is 0.148 e. The van der Waals surface area contributed by atoms with Crippen LogP contribution in [0.5, 0.6) is 0 Å². The van der Waals surface area contributed by atoms with Crippen LogP contribution in [-0.4, -0.2) is 10.00 Å². The molecule has 68 valence electrons. The number of thioether (sulfide) groups is 1. The third-order valence-corrected chi connectivity index (χ3v) is 4.91. The lowest BCUT2D eigenvalue weighted by molar-refractivity contribution is 0.409. The summed E-state index contributed by atoms with van der Waals surface area (Å²) < 4.78 is 0.540. The van der Waals surface area contributed by atoms with Crippen LogP contribution in [0.1, 0.15) is 40.0 Å². The van der Waals surface area contributed by atoms with Crippen LogP contribution in [0.4, 0.5) is 0 Å². The lowest BCUT2D eigenvalue weighted by Gasteiger charge is -2.26. The Morgan fingerprint density at radius 3 is 2.92 bits per heavy atom. The predicted octanol–water partition coefficient (Wildman–Crippen LogP) is 3.63. The molecular weight excluding hydrogens is 164 g/mol. The van der Waals surface area contributed by atoms with E-state index in [1.165, 1.54) is 19.3 Å². The van der Waals surface area contributed by atoms with Gasteiger partial charge in [-0.2, -0.15) is 0 Å². The van der Waals surface area contributed by atoms with Crippen molar-refractivity contribution in [3.8, 4) is 0 Å². The van der Waals surface area contributed by atoms with E-state index in [0.29, 0.717) is 4.75 Å². The molecule has 1 saturated heterocycles. The zero-order chi connectivity index (χ0) is 8.77. The first-order valence-electron chi connectivity index (χ1n) is 4.99. The number of fused-ring (bicyclic) bond motifs is 2. The molecule has 0 aromatic heterocycles. The summed E-state index contributed by atoms with van der Waals surface area (Å²) in [5.41, 5.74) is 1.70. The monoisotopic (exact) mass is 182 g/mol. The summed E-state index contributed by atoms with van der Waals surface area (Å²) in [7, 11) is 0. The van der Waals surface area contributed by atoms with Gasteiger partial charge in [0, 0.05) is 10.00 Å². The van der Waals surface area contributed by atoms with Crippen molar-refractivity contribution in [1.82, 2.24) is 0 Å². The van der Waals surface area contributed by atoms with Crippen molar-refractivity contribution in [2.24, 2.45) is 5.92 Å². The van der Waals surface area contributed by atoms with Gasteiger partial charge in [-0.05, 0) is 25.2 Å². The molecule has 2 atom stereocenters. The van der Waals surface area contributed by atoms with Crippen LogP contribution in [0.2, 0.25) is 0 Å². The van der Waals surface area contributed by atoms with E-state index >= 15 is 0 Å². The quantitative estimate of drug-likeness (QED) is 0.558. The predicted molar refractivity (Wildman–Crippen MR) is 56.6 cm³/mol. The van der Waals surface area contributed by atoms with Crippen LogP contribution in [0.3, 0.4) is 0 Å². The van der Waals surface area contributed by atoms with Gasteiger partial charge in [-0.3, -0.25) is 0 Å². The molecule has 1 heteroatoms. The molecular formula is C11H18S. The highest BCUT2D eigenvalue weighted by Gasteiger charge is 2.42. The van der Waals surface area contributed by atoms with E-state index in [9.17, 15) is 0 Å². The van der Waals surface area contributed by atoms with Gasteiger partial charge in [0.05, 0.1) is 0 Å². The molecule has 2 rings (SSSR count). The molecule has 0 aromatic carbocycles. The first-order valence-corrected chi connectivity index (χ1v) is 5.87. The van der Waals surface area contributed by atoms with Crippen LogP contribution in [-0.2, 0) is 0 Å². The van der Waals surface area contributed by atoms with Gasteiger partial charge in [0.1, 0.15) is 0 Å². The van der Waals surface area contributed by atoms with Crippen LogP contribution < -0.4 is 0 Å². The summed E-state index contributed by atoms with van der Waals surface area (Å²) >= 11 is 2.18. The number of allylic oxidation sites excluding steroid dienone is 1. The van der Waals surface area contributed by atoms with Gasteiger partial charge >= 0.3 is 0 Å². The highest BCUT2D eigenvalue weighted by Crippen LogP contribution is 2.53. The van der Waals surface area contributed by atoms with E-state index in [4.69, 9.17) is 0 Å². The maximum absolute atomic E-state index is 2.52. The average molecular weight is 182 g/mol. The first kappa shape index (κ1) is 8.68. The topological polar surface area (TPSA) is 0 Å². The summed E-state index contributed by atoms with van der Waals surface area (Å²) in [6, 6.07) is 0. The molecule has 1 fully saturated rings. The van der Waals surface area contributed by atoms with Crippen molar-refractivity contribution in [2.75, 3.05) is 0 Å². The van der Waals surface area contributed by atoms with E-state index in [1.807, 2.05) is 0 Å². The zero-order valence-electron chi connectivity index (χ0n) is 8.26. The molecule has 0 N–H and O–H groups in total. The van der Waals surface area contributed by atoms with E-state index in [1.54, 1.807) is 5.57 Å². The minimum absolute atomic E-state index is 0.540. The van der Waals surface area contributed by atoms with Crippen LogP contribution in [0, 0.1) is 5.92 Å². The normalized spacial score (nSPS) is 38.1. The summed E-state index contributed by atoms with van der Waals surface area (Å²) in [4.78, 5) is 0. The molecule has 0 spiro atoms. The second-order valence-corrected chi connectivity index (χ2v) is 6.47. The fourth-order valence-corrected chi connectivity index (χ4v) is 4.18. The van der Waals surface area contributed by atoms with Crippen LogP contribution >= 0.6 is 11.8 Å². The molecule has 0 amide bonds. The summed E-state index contributed by atoms with van der Waals surface area (Å²) in [5.74, 6) is 0.951. The molecule has 0 radical (unpaired) electrons. The Morgan fingerprint density at radius 2 is 2.33 bits per heavy atom. The minimum Gasteiger partial charge on any atom is -0.148 e. The fourth-order valence-electron chi connectivity index (χ4n) is 2.44. The second-order valence-electron chi connectivity index (χ2n) is 4.57. The highest BCUT2D eigenvalue weighted by atomic mass is 32.2. The van der Waals surface area contributed by atoms with E-state index in [2.05, 4.69) is 38.6 Å². The molecule has 2 bridgehead atoms. The molecule has 2 unspecified atom stereocenters. The Kier molecular flexibility index (Phi) is 2.02. The van der Waals surface area contributed by atoms with Crippen LogP contribution in [0.15, 0.2) is 11.6 Å². The third-order valence-electron chi connectivity index (χ3n) is 3.34. The lowest BCUT2D eigenvalue weighted by Crippen LogP contribution is -2.22. The Hall–Kier alpha value is 0.0900. The molecule has 12 heavy (non-hydrogen) atoms. The smallest absolute Gasteiger partial charge is 0.0238 e. The SMILES string of the molecule is CCC1=CC2CC(C1)C(C)(C)S2. The highest BCUT2D eigenvalue weighted by molar-refractivity contribution is 8.01. The summed E-state index contributed by atoms with van der Waals surface area (Å²) in [6.45, 7) is 7.11. The number of hydrogen-bond acceptors (Lipinski definition) is 1. The van der Waals surface area contributed by atoms with E-state index < -0.39 is 0 Å². The molecule has 0 aromatic rings. The second kappa shape index (κ2) is 2.80. The number of rotatable bonds is 1. The van der Waals surface area contributed by atoms with Crippen molar-refractivity contribution < 1.29 is 0 Å². The molecule has 1 heterocycles. The van der Waals surface area contributed by atoms with Gasteiger partial charge in [-0.1, -0.05) is 32.4 Å². The molecule has 2 aliphatic rings. The molecule has 1 aliphatic carbocycles. The summed E-state index contributed by atoms with van der Waals surface area (Å²) in [6.07, 6.45) is 6.59. The minimum atomic E-state index is 0.540.